The van der Waals surface area contributed by atoms with Crippen LogP contribution in [0.25, 0.3) is 0 Å². The summed E-state index contributed by atoms with van der Waals surface area (Å²) in [6.07, 6.45) is 1.15. The second-order valence-corrected chi connectivity index (χ2v) is 4.78. The van der Waals surface area contributed by atoms with Crippen LogP contribution in [-0.2, 0) is 0 Å². The summed E-state index contributed by atoms with van der Waals surface area (Å²) in [7, 11) is 3.78. The summed E-state index contributed by atoms with van der Waals surface area (Å²) in [5.74, 6) is 1.63. The Bertz CT molecular complexity index is 373. The van der Waals surface area contributed by atoms with Crippen LogP contribution in [0.2, 0.25) is 0 Å². The third-order valence-electron chi connectivity index (χ3n) is 3.77. The van der Waals surface area contributed by atoms with Gasteiger partial charge in [0.2, 0.25) is 0 Å². The van der Waals surface area contributed by atoms with E-state index in [1.165, 1.54) is 16.7 Å². The van der Waals surface area contributed by atoms with E-state index in [2.05, 4.69) is 45.1 Å². The van der Waals surface area contributed by atoms with Crippen molar-refractivity contribution in [3.63, 3.8) is 0 Å². The smallest absolute Gasteiger partial charge is 0.126 e. The molecule has 1 rings (SSSR count). The minimum absolute atomic E-state index is 0.356. The summed E-state index contributed by atoms with van der Waals surface area (Å²) < 4.78 is 5.59. The highest BCUT2D eigenvalue weighted by molar-refractivity contribution is 5.47. The highest BCUT2D eigenvalue weighted by Gasteiger charge is 2.21. The van der Waals surface area contributed by atoms with E-state index in [-0.39, 0.29) is 0 Å². The molecule has 2 unspecified atom stereocenters. The minimum atomic E-state index is 0.356. The Hall–Kier alpha value is -1.02. The van der Waals surface area contributed by atoms with E-state index in [9.17, 15) is 0 Å². The summed E-state index contributed by atoms with van der Waals surface area (Å²) in [6, 6.07) is 4.73. The van der Waals surface area contributed by atoms with E-state index in [1.54, 1.807) is 7.11 Å². The molecule has 0 radical (unpaired) electrons. The molecule has 0 saturated heterocycles. The van der Waals surface area contributed by atoms with Gasteiger partial charge in [-0.05, 0) is 37.9 Å². The molecule has 0 aliphatic carbocycles. The highest BCUT2D eigenvalue weighted by atomic mass is 16.5. The zero-order valence-electron chi connectivity index (χ0n) is 11.9. The van der Waals surface area contributed by atoms with Crippen molar-refractivity contribution in [2.75, 3.05) is 14.2 Å². The molecule has 0 saturated carbocycles. The van der Waals surface area contributed by atoms with Gasteiger partial charge in [0.05, 0.1) is 7.11 Å². The minimum Gasteiger partial charge on any atom is -0.496 e. The second kappa shape index (κ2) is 6.06. The first-order valence-corrected chi connectivity index (χ1v) is 6.38. The lowest BCUT2D eigenvalue weighted by Gasteiger charge is -2.26. The van der Waals surface area contributed by atoms with Gasteiger partial charge in [0.25, 0.3) is 0 Å². The van der Waals surface area contributed by atoms with Crippen LogP contribution in [0.1, 0.15) is 43.0 Å². The van der Waals surface area contributed by atoms with Gasteiger partial charge in [0, 0.05) is 11.6 Å². The van der Waals surface area contributed by atoms with Gasteiger partial charge in [-0.3, -0.25) is 0 Å². The van der Waals surface area contributed by atoms with E-state index < -0.39 is 0 Å². The molecule has 0 amide bonds. The topological polar surface area (TPSA) is 21.3 Å². The molecule has 1 aromatic rings. The largest absolute Gasteiger partial charge is 0.496 e. The zero-order valence-corrected chi connectivity index (χ0v) is 11.9. The van der Waals surface area contributed by atoms with Crippen molar-refractivity contribution in [2.24, 2.45) is 5.92 Å². The fourth-order valence-electron chi connectivity index (χ4n) is 2.31. The van der Waals surface area contributed by atoms with Crippen LogP contribution in [0.3, 0.4) is 0 Å². The SMILES string of the molecule is CCC(C)C(NC)c1ccc(C)c(C)c1OC. The van der Waals surface area contributed by atoms with Crippen molar-refractivity contribution >= 4 is 0 Å². The lowest BCUT2D eigenvalue weighted by Crippen LogP contribution is -2.24. The maximum Gasteiger partial charge on any atom is 0.126 e. The Morgan fingerprint density at radius 3 is 2.41 bits per heavy atom. The van der Waals surface area contributed by atoms with E-state index in [1.807, 2.05) is 7.05 Å². The molecule has 0 bridgehead atoms. The molecule has 96 valence electrons. The maximum absolute atomic E-state index is 5.59. The molecule has 2 heteroatoms. The maximum atomic E-state index is 5.59. The molecule has 1 aromatic carbocycles. The molecule has 2 nitrogen and oxygen atoms in total. The lowest BCUT2D eigenvalue weighted by molar-refractivity contribution is 0.363. The molecule has 17 heavy (non-hydrogen) atoms. The Balaban J connectivity index is 3.24. The summed E-state index contributed by atoms with van der Waals surface area (Å²) in [5, 5.41) is 3.41. The Kier molecular flexibility index (Phi) is 5.01. The first-order valence-electron chi connectivity index (χ1n) is 6.38. The van der Waals surface area contributed by atoms with Crippen LogP contribution in [0.4, 0.5) is 0 Å². The third kappa shape index (κ3) is 2.81. The quantitative estimate of drug-likeness (QED) is 0.841. The van der Waals surface area contributed by atoms with Crippen LogP contribution in [0, 0.1) is 19.8 Å². The molecule has 0 spiro atoms. The molecule has 0 aromatic heterocycles. The third-order valence-corrected chi connectivity index (χ3v) is 3.77. The highest BCUT2D eigenvalue weighted by Crippen LogP contribution is 2.34. The van der Waals surface area contributed by atoms with Gasteiger partial charge in [-0.15, -0.1) is 0 Å². The van der Waals surface area contributed by atoms with E-state index in [0.717, 1.165) is 12.2 Å². The van der Waals surface area contributed by atoms with E-state index in [4.69, 9.17) is 4.74 Å². The zero-order chi connectivity index (χ0) is 13.0. The van der Waals surface area contributed by atoms with Gasteiger partial charge in [-0.25, -0.2) is 0 Å². The van der Waals surface area contributed by atoms with Gasteiger partial charge in [0.15, 0.2) is 0 Å². The standard InChI is InChI=1S/C15H25NO/c1-7-10(2)14(16-5)13-9-8-11(3)12(4)15(13)17-6/h8-10,14,16H,7H2,1-6H3. The Morgan fingerprint density at radius 2 is 1.94 bits per heavy atom. The molecule has 0 aliphatic rings. The van der Waals surface area contributed by atoms with Crippen molar-refractivity contribution in [3.8, 4) is 5.75 Å². The van der Waals surface area contributed by atoms with Crippen molar-refractivity contribution in [2.45, 2.75) is 40.2 Å². The van der Waals surface area contributed by atoms with Gasteiger partial charge in [-0.1, -0.05) is 32.4 Å². The first kappa shape index (κ1) is 14.0. The summed E-state index contributed by atoms with van der Waals surface area (Å²) >= 11 is 0. The monoisotopic (exact) mass is 235 g/mol. The second-order valence-electron chi connectivity index (χ2n) is 4.78. The number of rotatable bonds is 5. The number of aryl methyl sites for hydroxylation is 1. The lowest BCUT2D eigenvalue weighted by atomic mass is 9.90. The van der Waals surface area contributed by atoms with Gasteiger partial charge >= 0.3 is 0 Å². The van der Waals surface area contributed by atoms with Gasteiger partial charge in [-0.2, -0.15) is 0 Å². The Labute approximate surface area is 105 Å². The average Bonchev–Trinajstić information content (AvgIpc) is 2.34. The molecule has 0 fully saturated rings. The van der Waals surface area contributed by atoms with Crippen LogP contribution < -0.4 is 10.1 Å². The number of nitrogens with one attached hydrogen (secondary N) is 1. The number of ether oxygens (including phenoxy) is 1. The fraction of sp³-hybridized carbons (Fsp3) is 0.600. The van der Waals surface area contributed by atoms with Crippen LogP contribution in [0.5, 0.6) is 5.75 Å². The van der Waals surface area contributed by atoms with Crippen molar-refractivity contribution in [3.05, 3.63) is 28.8 Å². The molecular formula is C15H25NO. The number of hydrogen-bond acceptors (Lipinski definition) is 2. The predicted molar refractivity (Wildman–Crippen MR) is 73.7 cm³/mol. The van der Waals surface area contributed by atoms with Crippen molar-refractivity contribution in [1.29, 1.82) is 0 Å². The molecule has 0 aliphatic heterocycles. The number of hydrogen-bond donors (Lipinski definition) is 1. The van der Waals surface area contributed by atoms with Crippen molar-refractivity contribution in [1.82, 2.24) is 5.32 Å². The average molecular weight is 235 g/mol. The Morgan fingerprint density at radius 1 is 1.29 bits per heavy atom. The number of methoxy groups -OCH3 is 1. The van der Waals surface area contributed by atoms with Gasteiger partial charge in [0.1, 0.15) is 5.75 Å². The van der Waals surface area contributed by atoms with E-state index in [0.29, 0.717) is 12.0 Å². The van der Waals surface area contributed by atoms with Crippen molar-refractivity contribution < 1.29 is 4.74 Å². The summed E-state index contributed by atoms with van der Waals surface area (Å²) in [4.78, 5) is 0. The molecule has 2 atom stereocenters. The molecular weight excluding hydrogens is 210 g/mol. The van der Waals surface area contributed by atoms with Crippen LogP contribution in [0.15, 0.2) is 12.1 Å². The fourth-order valence-corrected chi connectivity index (χ4v) is 2.31. The predicted octanol–water partition coefficient (Wildman–Crippen LogP) is 3.62. The van der Waals surface area contributed by atoms with Crippen LogP contribution in [-0.4, -0.2) is 14.2 Å². The number of benzene rings is 1. The van der Waals surface area contributed by atoms with E-state index >= 15 is 0 Å². The normalized spacial score (nSPS) is 14.5. The summed E-state index contributed by atoms with van der Waals surface area (Å²) in [6.45, 7) is 8.75. The molecule has 1 N–H and O–H groups in total. The summed E-state index contributed by atoms with van der Waals surface area (Å²) in [5.41, 5.74) is 3.80. The van der Waals surface area contributed by atoms with Gasteiger partial charge < -0.3 is 10.1 Å². The molecule has 0 heterocycles. The first-order chi connectivity index (χ1) is 8.06. The van der Waals surface area contributed by atoms with Crippen LogP contribution >= 0.6 is 0 Å².